The molecule has 0 saturated carbocycles. The normalized spacial score (nSPS) is 10.6. The Bertz CT molecular complexity index is 1040. The molecular formula is C20H17FN2O4. The number of esters is 1. The van der Waals surface area contributed by atoms with E-state index in [4.69, 9.17) is 14.2 Å². The largest absolute Gasteiger partial charge is 0.467 e. The number of carbonyl (C=O) groups excluding carboxylic acids is 1. The molecule has 0 amide bonds. The van der Waals surface area contributed by atoms with Crippen LogP contribution in [0.2, 0.25) is 0 Å². The molecule has 7 heteroatoms. The van der Waals surface area contributed by atoms with Gasteiger partial charge in [0.2, 0.25) is 0 Å². The minimum absolute atomic E-state index is 0.0694. The summed E-state index contributed by atoms with van der Waals surface area (Å²) in [4.78, 5) is 12.1. The molecule has 0 spiro atoms. The summed E-state index contributed by atoms with van der Waals surface area (Å²) in [6.07, 6.45) is 1.55. The first kappa shape index (κ1) is 18.4. The smallest absolute Gasteiger partial charge is 0.341 e. The van der Waals surface area contributed by atoms with Crippen LogP contribution < -0.4 is 4.74 Å². The predicted molar refractivity (Wildman–Crippen MR) is 96.4 cm³/mol. The number of hydrogen-bond acceptors (Lipinski definition) is 5. The molecule has 0 fully saturated rings. The van der Waals surface area contributed by atoms with Crippen molar-refractivity contribution in [2.75, 3.05) is 20.5 Å². The number of nitriles is 1. The lowest BCUT2D eigenvalue weighted by atomic mass is 10.1. The molecule has 1 heterocycles. The molecule has 0 radical (unpaired) electrons. The maximum atomic E-state index is 14.4. The summed E-state index contributed by atoms with van der Waals surface area (Å²) in [5, 5.41) is 9.85. The Morgan fingerprint density at radius 3 is 2.81 bits per heavy atom. The minimum Gasteiger partial charge on any atom is -0.467 e. The third kappa shape index (κ3) is 3.48. The first-order valence-corrected chi connectivity index (χ1v) is 8.23. The number of methoxy groups -OCH3 is 1. The van der Waals surface area contributed by atoms with Crippen molar-refractivity contribution in [2.24, 2.45) is 0 Å². The molecular weight excluding hydrogens is 351 g/mol. The molecule has 1 aromatic heterocycles. The molecule has 0 bridgehead atoms. The van der Waals surface area contributed by atoms with Crippen molar-refractivity contribution in [3.05, 3.63) is 59.5 Å². The van der Waals surface area contributed by atoms with Gasteiger partial charge in [-0.1, -0.05) is 12.1 Å². The third-order valence-corrected chi connectivity index (χ3v) is 3.97. The lowest BCUT2D eigenvalue weighted by molar-refractivity contribution is 0.0438. The van der Waals surface area contributed by atoms with Gasteiger partial charge in [0.1, 0.15) is 23.2 Å². The number of rotatable bonds is 6. The molecule has 0 saturated heterocycles. The number of benzene rings is 2. The van der Waals surface area contributed by atoms with Crippen LogP contribution in [0.15, 0.2) is 42.6 Å². The zero-order valence-corrected chi connectivity index (χ0v) is 14.9. The topological polar surface area (TPSA) is 73.5 Å². The summed E-state index contributed by atoms with van der Waals surface area (Å²) in [7, 11) is 1.46. The Kier molecular flexibility index (Phi) is 5.38. The fourth-order valence-electron chi connectivity index (χ4n) is 2.81. The first-order valence-electron chi connectivity index (χ1n) is 8.23. The van der Waals surface area contributed by atoms with Gasteiger partial charge in [-0.2, -0.15) is 5.26 Å². The Morgan fingerprint density at radius 2 is 2.11 bits per heavy atom. The van der Waals surface area contributed by atoms with Gasteiger partial charge in [-0.05, 0) is 25.1 Å². The van der Waals surface area contributed by atoms with Crippen molar-refractivity contribution < 1.29 is 23.4 Å². The number of para-hydroxylation sites is 1. The molecule has 0 N–H and O–H groups in total. The van der Waals surface area contributed by atoms with Crippen molar-refractivity contribution in [3.63, 3.8) is 0 Å². The average Bonchev–Trinajstić information content (AvgIpc) is 3.06. The van der Waals surface area contributed by atoms with E-state index in [1.54, 1.807) is 42.0 Å². The van der Waals surface area contributed by atoms with E-state index in [-0.39, 0.29) is 30.2 Å². The van der Waals surface area contributed by atoms with Crippen LogP contribution in [0.5, 0.6) is 5.75 Å². The summed E-state index contributed by atoms with van der Waals surface area (Å²) in [6, 6.07) is 11.4. The molecule has 0 unspecified atom stereocenters. The molecule has 3 rings (SSSR count). The second kappa shape index (κ2) is 7.89. The number of halogens is 1. The van der Waals surface area contributed by atoms with E-state index in [0.717, 1.165) is 0 Å². The third-order valence-electron chi connectivity index (χ3n) is 3.97. The first-order chi connectivity index (χ1) is 13.1. The van der Waals surface area contributed by atoms with Crippen molar-refractivity contribution in [1.82, 2.24) is 4.57 Å². The van der Waals surface area contributed by atoms with E-state index in [1.165, 1.54) is 19.2 Å². The van der Waals surface area contributed by atoms with E-state index < -0.39 is 11.8 Å². The summed E-state index contributed by atoms with van der Waals surface area (Å²) in [5.74, 6) is -0.747. The van der Waals surface area contributed by atoms with Crippen LogP contribution in [0.4, 0.5) is 4.39 Å². The van der Waals surface area contributed by atoms with E-state index in [9.17, 15) is 14.4 Å². The Morgan fingerprint density at radius 1 is 1.30 bits per heavy atom. The van der Waals surface area contributed by atoms with Gasteiger partial charge in [0.05, 0.1) is 17.7 Å². The molecule has 6 nitrogen and oxygen atoms in total. The molecule has 2 aromatic carbocycles. The summed E-state index contributed by atoms with van der Waals surface area (Å²) >= 11 is 0. The van der Waals surface area contributed by atoms with Crippen LogP contribution in [-0.4, -0.2) is 31.0 Å². The van der Waals surface area contributed by atoms with Gasteiger partial charge >= 0.3 is 5.97 Å². The van der Waals surface area contributed by atoms with Crippen LogP contribution in [-0.2, 0) is 9.47 Å². The second-order valence-electron chi connectivity index (χ2n) is 5.61. The number of ether oxygens (including phenoxy) is 3. The number of fused-ring (bicyclic) bond motifs is 1. The van der Waals surface area contributed by atoms with Crippen LogP contribution in [0, 0.1) is 17.1 Å². The lowest BCUT2D eigenvalue weighted by Gasteiger charge is -2.13. The monoisotopic (exact) mass is 368 g/mol. The fraction of sp³-hybridized carbons (Fsp3) is 0.200. The van der Waals surface area contributed by atoms with Gasteiger partial charge in [0.15, 0.2) is 6.79 Å². The number of hydrogen-bond donors (Lipinski definition) is 0. The number of nitrogens with zero attached hydrogens (tertiary/aromatic N) is 2. The molecule has 0 aliphatic heterocycles. The maximum Gasteiger partial charge on any atom is 0.341 e. The van der Waals surface area contributed by atoms with Crippen LogP contribution >= 0.6 is 0 Å². The zero-order valence-electron chi connectivity index (χ0n) is 14.9. The van der Waals surface area contributed by atoms with Crippen LogP contribution in [0.3, 0.4) is 0 Å². The van der Waals surface area contributed by atoms with Gasteiger partial charge in [-0.3, -0.25) is 0 Å². The molecule has 0 aliphatic carbocycles. The molecule has 138 valence electrons. The number of aromatic nitrogens is 1. The maximum absolute atomic E-state index is 14.4. The van der Waals surface area contributed by atoms with Gasteiger partial charge in [-0.15, -0.1) is 0 Å². The van der Waals surface area contributed by atoms with Gasteiger partial charge in [0, 0.05) is 30.4 Å². The average molecular weight is 368 g/mol. The van der Waals surface area contributed by atoms with Gasteiger partial charge in [-0.25, -0.2) is 9.18 Å². The highest BCUT2D eigenvalue weighted by Gasteiger charge is 2.18. The van der Waals surface area contributed by atoms with Crippen molar-refractivity contribution in [2.45, 2.75) is 6.92 Å². The van der Waals surface area contributed by atoms with Crippen molar-refractivity contribution >= 4 is 16.9 Å². The van der Waals surface area contributed by atoms with Crippen molar-refractivity contribution in [1.29, 1.82) is 5.26 Å². The molecule has 0 aliphatic rings. The second-order valence-corrected chi connectivity index (χ2v) is 5.61. The summed E-state index contributed by atoms with van der Waals surface area (Å²) in [5.41, 5.74) is 1.38. The highest BCUT2D eigenvalue weighted by molar-refractivity contribution is 5.93. The number of carbonyl (C=O) groups is 1. The van der Waals surface area contributed by atoms with E-state index in [0.29, 0.717) is 16.6 Å². The Hall–Kier alpha value is -3.37. The predicted octanol–water partition coefficient (Wildman–Crippen LogP) is 3.80. The molecule has 3 aromatic rings. The molecule has 0 atom stereocenters. The minimum atomic E-state index is -0.531. The van der Waals surface area contributed by atoms with Crippen LogP contribution in [0.1, 0.15) is 22.8 Å². The van der Waals surface area contributed by atoms with E-state index in [2.05, 4.69) is 6.07 Å². The van der Waals surface area contributed by atoms with Gasteiger partial charge in [0.25, 0.3) is 0 Å². The highest BCUT2D eigenvalue weighted by atomic mass is 19.1. The zero-order chi connectivity index (χ0) is 19.4. The standard InChI is InChI=1S/C20H17FN2O4/c1-3-26-20(24)16-8-7-14(9-18(16)27-12-25-2)23-11-13(10-22)15-5-4-6-17(21)19(15)23/h4-9,11H,3,12H2,1-2H3. The summed E-state index contributed by atoms with van der Waals surface area (Å²) in [6.45, 7) is 1.86. The van der Waals surface area contributed by atoms with E-state index in [1.807, 2.05) is 0 Å². The van der Waals surface area contributed by atoms with Gasteiger partial charge < -0.3 is 18.8 Å². The van der Waals surface area contributed by atoms with Crippen molar-refractivity contribution in [3.8, 4) is 17.5 Å². The Labute approximate surface area is 155 Å². The highest BCUT2D eigenvalue weighted by Crippen LogP contribution is 2.30. The quantitative estimate of drug-likeness (QED) is 0.489. The Balaban J connectivity index is 2.17. The fourth-order valence-corrected chi connectivity index (χ4v) is 2.81. The van der Waals surface area contributed by atoms with E-state index >= 15 is 0 Å². The summed E-state index contributed by atoms with van der Waals surface area (Å²) < 4.78 is 31.4. The lowest BCUT2D eigenvalue weighted by Crippen LogP contribution is -2.10. The molecule has 27 heavy (non-hydrogen) atoms. The SMILES string of the molecule is CCOC(=O)c1ccc(-n2cc(C#N)c3cccc(F)c32)cc1OCOC. The van der Waals surface area contributed by atoms with Crippen LogP contribution in [0.25, 0.3) is 16.6 Å².